The smallest absolute Gasteiger partial charge is 0.256 e. The second-order valence-corrected chi connectivity index (χ2v) is 7.37. The number of piperidine rings is 1. The zero-order valence-electron chi connectivity index (χ0n) is 17.1. The highest BCUT2D eigenvalue weighted by molar-refractivity contribution is 6.35. The van der Waals surface area contributed by atoms with Crippen molar-refractivity contribution in [2.45, 2.75) is 45.2 Å². The van der Waals surface area contributed by atoms with E-state index in [2.05, 4.69) is 5.32 Å². The molecule has 0 radical (unpaired) electrons. The molecule has 8 heteroatoms. The van der Waals surface area contributed by atoms with Gasteiger partial charge in [0.1, 0.15) is 11.5 Å². The van der Waals surface area contributed by atoms with E-state index >= 15 is 0 Å². The van der Waals surface area contributed by atoms with Crippen LogP contribution in [0.2, 0.25) is 5.02 Å². The maximum atomic E-state index is 13.4. The fraction of sp³-hybridized carbons (Fsp3) is 0.650. The number of carbonyl (C=O) groups excluding carboxylic acids is 1. The van der Waals surface area contributed by atoms with E-state index in [0.29, 0.717) is 35.3 Å². The van der Waals surface area contributed by atoms with Crippen LogP contribution in [0.4, 0.5) is 0 Å². The molecule has 0 aliphatic carbocycles. The molecule has 0 unspecified atom stereocenters. The van der Waals surface area contributed by atoms with Crippen molar-refractivity contribution in [2.24, 2.45) is 0 Å². The molecule has 1 atom stereocenters. The van der Waals surface area contributed by atoms with Crippen LogP contribution < -0.4 is 14.8 Å². The van der Waals surface area contributed by atoms with Gasteiger partial charge >= 0.3 is 0 Å². The van der Waals surface area contributed by atoms with Gasteiger partial charge in [-0.15, -0.1) is 12.4 Å². The number of halogens is 2. The number of rotatable bonds is 9. The Hall–Kier alpha value is -1.21. The normalized spacial score (nSPS) is 16.4. The third kappa shape index (κ3) is 6.41. The average Bonchev–Trinajstić information content (AvgIpc) is 2.66. The molecule has 1 aromatic rings. The van der Waals surface area contributed by atoms with Crippen LogP contribution in [0.5, 0.6) is 11.5 Å². The van der Waals surface area contributed by atoms with Gasteiger partial charge in [0.05, 0.1) is 24.3 Å². The molecule has 1 heterocycles. The SMILES string of the molecule is COCCCOc1cc(OC)c(Cl)c(C(=O)N(C(C)C)[C@@H]2CCCNC2)c1.Cl. The highest BCUT2D eigenvalue weighted by Gasteiger charge is 2.30. The van der Waals surface area contributed by atoms with Crippen molar-refractivity contribution in [1.82, 2.24) is 10.2 Å². The Balaban J connectivity index is 0.00000392. The lowest BCUT2D eigenvalue weighted by Gasteiger charge is -2.38. The molecule has 28 heavy (non-hydrogen) atoms. The summed E-state index contributed by atoms with van der Waals surface area (Å²) in [4.78, 5) is 15.3. The summed E-state index contributed by atoms with van der Waals surface area (Å²) in [5, 5.41) is 3.70. The summed E-state index contributed by atoms with van der Waals surface area (Å²) < 4.78 is 16.2. The van der Waals surface area contributed by atoms with E-state index in [4.69, 9.17) is 25.8 Å². The first kappa shape index (κ1) is 24.8. The maximum absolute atomic E-state index is 13.4. The van der Waals surface area contributed by atoms with Crippen LogP contribution >= 0.6 is 24.0 Å². The van der Waals surface area contributed by atoms with Crippen molar-refractivity contribution < 1.29 is 19.0 Å². The lowest BCUT2D eigenvalue weighted by molar-refractivity contribution is 0.0573. The van der Waals surface area contributed by atoms with Crippen LogP contribution in [-0.2, 0) is 4.74 Å². The largest absolute Gasteiger partial charge is 0.495 e. The van der Waals surface area contributed by atoms with Crippen LogP contribution in [0.3, 0.4) is 0 Å². The number of carbonyl (C=O) groups is 1. The Bertz CT molecular complexity index is 622. The standard InChI is InChI=1S/C20H31ClN2O4.ClH/c1-14(2)23(15-7-5-8-22-13-15)20(24)17-11-16(27-10-6-9-25-3)12-18(26-4)19(17)21;/h11-12,14-15,22H,5-10,13H2,1-4H3;1H/t15-;/m1./s1. The second kappa shape index (κ2) is 12.4. The summed E-state index contributed by atoms with van der Waals surface area (Å²) in [5.74, 6) is 0.917. The number of hydrogen-bond donors (Lipinski definition) is 1. The van der Waals surface area contributed by atoms with Crippen LogP contribution in [0.15, 0.2) is 12.1 Å². The van der Waals surface area contributed by atoms with Gasteiger partial charge in [-0.05, 0) is 39.3 Å². The third-order valence-electron chi connectivity index (χ3n) is 4.68. The van der Waals surface area contributed by atoms with Crippen molar-refractivity contribution in [3.8, 4) is 11.5 Å². The van der Waals surface area contributed by atoms with E-state index in [-0.39, 0.29) is 30.4 Å². The quantitative estimate of drug-likeness (QED) is 0.599. The molecule has 0 spiro atoms. The third-order valence-corrected chi connectivity index (χ3v) is 5.07. The maximum Gasteiger partial charge on any atom is 0.256 e. The molecule has 1 N–H and O–H groups in total. The van der Waals surface area contributed by atoms with Gasteiger partial charge in [0.25, 0.3) is 5.91 Å². The number of ether oxygens (including phenoxy) is 3. The Labute approximate surface area is 179 Å². The topological polar surface area (TPSA) is 60.0 Å². The molecule has 160 valence electrons. The summed E-state index contributed by atoms with van der Waals surface area (Å²) in [6.07, 6.45) is 2.80. The number of hydrogen-bond acceptors (Lipinski definition) is 5. The minimum absolute atomic E-state index is 0. The first-order valence-electron chi connectivity index (χ1n) is 9.52. The van der Waals surface area contributed by atoms with Gasteiger partial charge in [0, 0.05) is 44.8 Å². The Morgan fingerprint density at radius 1 is 1.32 bits per heavy atom. The number of amides is 1. The lowest BCUT2D eigenvalue weighted by Crippen LogP contribution is -2.51. The summed E-state index contributed by atoms with van der Waals surface area (Å²) in [7, 11) is 3.19. The van der Waals surface area contributed by atoms with E-state index in [1.165, 1.54) is 7.11 Å². The zero-order valence-corrected chi connectivity index (χ0v) is 18.7. The van der Waals surface area contributed by atoms with Gasteiger partial charge in [-0.2, -0.15) is 0 Å². The van der Waals surface area contributed by atoms with E-state index < -0.39 is 0 Å². The van der Waals surface area contributed by atoms with E-state index in [9.17, 15) is 4.79 Å². The fourth-order valence-electron chi connectivity index (χ4n) is 3.39. The van der Waals surface area contributed by atoms with Crippen molar-refractivity contribution in [3.05, 3.63) is 22.7 Å². The fourth-order valence-corrected chi connectivity index (χ4v) is 3.65. The summed E-state index contributed by atoms with van der Waals surface area (Å²) >= 11 is 6.48. The lowest BCUT2D eigenvalue weighted by atomic mass is 10.0. The molecular weight excluding hydrogens is 403 g/mol. The average molecular weight is 435 g/mol. The zero-order chi connectivity index (χ0) is 19.8. The first-order valence-corrected chi connectivity index (χ1v) is 9.90. The predicted octanol–water partition coefficient (Wildman–Crippen LogP) is 3.79. The van der Waals surface area contributed by atoms with Gasteiger partial charge < -0.3 is 24.4 Å². The number of nitrogens with zero attached hydrogens (tertiary/aromatic N) is 1. The molecule has 1 fully saturated rings. The molecule has 1 saturated heterocycles. The van der Waals surface area contributed by atoms with Crippen LogP contribution in [0.1, 0.15) is 43.5 Å². The molecule has 2 rings (SSSR count). The summed E-state index contributed by atoms with van der Waals surface area (Å²) in [6, 6.07) is 3.65. The summed E-state index contributed by atoms with van der Waals surface area (Å²) in [6.45, 7) is 6.96. The molecule has 1 amide bonds. The molecule has 0 aromatic heterocycles. The minimum Gasteiger partial charge on any atom is -0.495 e. The van der Waals surface area contributed by atoms with Crippen molar-refractivity contribution >= 4 is 29.9 Å². The molecule has 1 aliphatic heterocycles. The van der Waals surface area contributed by atoms with E-state index in [0.717, 1.165) is 32.4 Å². The van der Waals surface area contributed by atoms with Crippen molar-refractivity contribution in [3.63, 3.8) is 0 Å². The van der Waals surface area contributed by atoms with E-state index in [1.54, 1.807) is 19.2 Å². The molecule has 1 aliphatic rings. The van der Waals surface area contributed by atoms with E-state index in [1.807, 2.05) is 18.7 Å². The van der Waals surface area contributed by atoms with Gasteiger partial charge in [-0.3, -0.25) is 4.79 Å². The molecule has 6 nitrogen and oxygen atoms in total. The molecule has 0 bridgehead atoms. The van der Waals surface area contributed by atoms with Gasteiger partial charge in [0.2, 0.25) is 0 Å². The Morgan fingerprint density at radius 2 is 2.07 bits per heavy atom. The van der Waals surface area contributed by atoms with Crippen LogP contribution in [0, 0.1) is 0 Å². The van der Waals surface area contributed by atoms with Gasteiger partial charge in [-0.25, -0.2) is 0 Å². The summed E-state index contributed by atoms with van der Waals surface area (Å²) in [5.41, 5.74) is 0.414. The Kier molecular flexibility index (Phi) is 11.0. The number of nitrogens with one attached hydrogen (secondary N) is 1. The molecular formula is C20H32Cl2N2O4. The van der Waals surface area contributed by atoms with Crippen LogP contribution in [-0.4, -0.2) is 63.4 Å². The predicted molar refractivity (Wildman–Crippen MR) is 114 cm³/mol. The molecule has 0 saturated carbocycles. The van der Waals surface area contributed by atoms with Gasteiger partial charge in [0.15, 0.2) is 0 Å². The molecule has 1 aromatic carbocycles. The number of methoxy groups -OCH3 is 2. The second-order valence-electron chi connectivity index (χ2n) is 6.99. The Morgan fingerprint density at radius 3 is 2.64 bits per heavy atom. The van der Waals surface area contributed by atoms with Gasteiger partial charge in [-0.1, -0.05) is 11.6 Å². The minimum atomic E-state index is -0.0932. The first-order chi connectivity index (χ1) is 13.0. The van der Waals surface area contributed by atoms with Crippen LogP contribution in [0.25, 0.3) is 0 Å². The van der Waals surface area contributed by atoms with Crippen molar-refractivity contribution in [2.75, 3.05) is 40.5 Å². The highest BCUT2D eigenvalue weighted by atomic mass is 35.5. The number of benzene rings is 1. The highest BCUT2D eigenvalue weighted by Crippen LogP contribution is 2.35. The monoisotopic (exact) mass is 434 g/mol. The van der Waals surface area contributed by atoms with Crippen molar-refractivity contribution in [1.29, 1.82) is 0 Å².